The summed E-state index contributed by atoms with van der Waals surface area (Å²) in [7, 11) is 0. The Morgan fingerprint density at radius 3 is 2.64 bits per heavy atom. The minimum absolute atomic E-state index is 0.0398. The number of amides is 1. The van der Waals surface area contributed by atoms with Crippen molar-refractivity contribution in [3.8, 4) is 0 Å². The maximum Gasteiger partial charge on any atom is 0.226 e. The number of fused-ring (bicyclic) bond motifs is 1. The molecule has 0 spiro atoms. The molecule has 3 nitrogen and oxygen atoms in total. The Kier molecular flexibility index (Phi) is 5.76. The van der Waals surface area contributed by atoms with E-state index in [1.54, 1.807) is 23.1 Å². The molecule has 5 heteroatoms. The van der Waals surface area contributed by atoms with E-state index in [1.165, 1.54) is 16.0 Å². The Labute approximate surface area is 156 Å². The van der Waals surface area contributed by atoms with E-state index in [9.17, 15) is 4.79 Å². The van der Waals surface area contributed by atoms with E-state index in [0.29, 0.717) is 11.6 Å². The van der Waals surface area contributed by atoms with E-state index < -0.39 is 0 Å². The number of carbonyl (C=O) groups excluding carboxylic acids is 1. The highest BCUT2D eigenvalue weighted by atomic mass is 32.2. The number of nitrogens with zero attached hydrogens (tertiary/aromatic N) is 1. The van der Waals surface area contributed by atoms with E-state index in [2.05, 4.69) is 67.5 Å². The van der Waals surface area contributed by atoms with Crippen LogP contribution >= 0.6 is 23.1 Å². The fourth-order valence-electron chi connectivity index (χ4n) is 2.66. The number of rotatable bonds is 6. The third-order valence-electron chi connectivity index (χ3n) is 3.91. The van der Waals surface area contributed by atoms with Gasteiger partial charge in [0.1, 0.15) is 0 Å². The Morgan fingerprint density at radius 2 is 1.88 bits per heavy atom. The molecule has 0 saturated carbocycles. The summed E-state index contributed by atoms with van der Waals surface area (Å²) < 4.78 is 1.13. The third-order valence-corrected chi connectivity index (χ3v) is 5.93. The average molecular weight is 371 g/mol. The summed E-state index contributed by atoms with van der Waals surface area (Å²) >= 11 is 3.33. The first-order valence-corrected chi connectivity index (χ1v) is 10.2. The van der Waals surface area contributed by atoms with E-state index in [-0.39, 0.29) is 5.91 Å². The smallest absolute Gasteiger partial charge is 0.226 e. The van der Waals surface area contributed by atoms with Crippen LogP contribution in [0.5, 0.6) is 0 Å². The van der Waals surface area contributed by atoms with Crippen molar-refractivity contribution >= 4 is 44.4 Å². The second kappa shape index (κ2) is 8.02. The third kappa shape index (κ3) is 4.83. The molecule has 1 heterocycles. The lowest BCUT2D eigenvalue weighted by Gasteiger charge is -2.03. The summed E-state index contributed by atoms with van der Waals surface area (Å²) in [6.45, 7) is 6.22. The normalized spacial score (nSPS) is 11.0. The number of benzene rings is 2. The Morgan fingerprint density at radius 1 is 1.12 bits per heavy atom. The molecule has 0 aliphatic rings. The SMILES string of the molecule is Cc1ccc(SCCCC(=O)Nc2nc3c(C)cc(C)cc3s2)cc1. The van der Waals surface area contributed by atoms with Gasteiger partial charge in [0, 0.05) is 11.3 Å². The Balaban J connectivity index is 1.49. The second-order valence-corrected chi connectivity index (χ2v) is 8.46. The van der Waals surface area contributed by atoms with Crippen LogP contribution in [0.3, 0.4) is 0 Å². The van der Waals surface area contributed by atoms with Gasteiger partial charge in [0.15, 0.2) is 5.13 Å². The van der Waals surface area contributed by atoms with Gasteiger partial charge in [0.05, 0.1) is 10.2 Å². The predicted octanol–water partition coefficient (Wildman–Crippen LogP) is 5.73. The summed E-state index contributed by atoms with van der Waals surface area (Å²) in [5.74, 6) is 0.979. The van der Waals surface area contributed by atoms with Gasteiger partial charge in [0.25, 0.3) is 0 Å². The molecule has 0 aliphatic heterocycles. The molecule has 0 bridgehead atoms. The van der Waals surface area contributed by atoms with Gasteiger partial charge < -0.3 is 5.32 Å². The molecule has 1 N–H and O–H groups in total. The summed E-state index contributed by atoms with van der Waals surface area (Å²) in [4.78, 5) is 18.0. The van der Waals surface area contributed by atoms with Crippen LogP contribution in [0, 0.1) is 20.8 Å². The summed E-state index contributed by atoms with van der Waals surface area (Å²) in [6.07, 6.45) is 1.38. The summed E-state index contributed by atoms with van der Waals surface area (Å²) in [6, 6.07) is 12.7. The van der Waals surface area contributed by atoms with Gasteiger partial charge in [-0.05, 0) is 62.3 Å². The molecule has 0 radical (unpaired) electrons. The molecule has 1 aromatic heterocycles. The fourth-order valence-corrected chi connectivity index (χ4v) is 4.57. The van der Waals surface area contributed by atoms with Gasteiger partial charge in [-0.3, -0.25) is 4.79 Å². The first-order valence-electron chi connectivity index (χ1n) is 8.38. The zero-order valence-corrected chi connectivity index (χ0v) is 16.4. The molecular formula is C20H22N2OS2. The molecule has 0 unspecified atom stereocenters. The lowest BCUT2D eigenvalue weighted by molar-refractivity contribution is -0.116. The standard InChI is InChI=1S/C20H22N2OS2/c1-13-6-8-16(9-7-13)24-10-4-5-18(23)21-20-22-19-15(3)11-14(2)12-17(19)25-20/h6-9,11-12H,4-5,10H2,1-3H3,(H,21,22,23). The van der Waals surface area contributed by atoms with Crippen molar-refractivity contribution in [1.29, 1.82) is 0 Å². The maximum atomic E-state index is 12.1. The molecule has 0 atom stereocenters. The van der Waals surface area contributed by atoms with Gasteiger partial charge in [-0.25, -0.2) is 4.98 Å². The number of thiazole rings is 1. The van der Waals surface area contributed by atoms with Gasteiger partial charge in [-0.2, -0.15) is 0 Å². The first-order chi connectivity index (χ1) is 12.0. The average Bonchev–Trinajstić information content (AvgIpc) is 2.96. The van der Waals surface area contributed by atoms with Crippen LogP contribution in [0.2, 0.25) is 0 Å². The van der Waals surface area contributed by atoms with Crippen molar-refractivity contribution in [2.24, 2.45) is 0 Å². The van der Waals surface area contributed by atoms with Crippen LogP contribution < -0.4 is 5.32 Å². The number of carbonyl (C=O) groups is 1. The highest BCUT2D eigenvalue weighted by Crippen LogP contribution is 2.29. The van der Waals surface area contributed by atoms with Gasteiger partial charge in [-0.15, -0.1) is 11.8 Å². The highest BCUT2D eigenvalue weighted by molar-refractivity contribution is 7.99. The molecule has 0 aliphatic carbocycles. The van der Waals surface area contributed by atoms with Gasteiger partial charge in [-0.1, -0.05) is 35.1 Å². The second-order valence-electron chi connectivity index (χ2n) is 6.26. The minimum atomic E-state index is 0.0398. The largest absolute Gasteiger partial charge is 0.302 e. The van der Waals surface area contributed by atoms with Crippen molar-refractivity contribution in [3.05, 3.63) is 53.1 Å². The minimum Gasteiger partial charge on any atom is -0.302 e. The van der Waals surface area contributed by atoms with Crippen molar-refractivity contribution < 1.29 is 4.79 Å². The zero-order valence-electron chi connectivity index (χ0n) is 14.8. The molecule has 130 valence electrons. The number of hydrogen-bond acceptors (Lipinski definition) is 4. The number of nitrogens with one attached hydrogen (secondary N) is 1. The monoisotopic (exact) mass is 370 g/mol. The van der Waals surface area contributed by atoms with Crippen LogP contribution in [0.25, 0.3) is 10.2 Å². The fraction of sp³-hybridized carbons (Fsp3) is 0.300. The number of hydrogen-bond donors (Lipinski definition) is 1. The van der Waals surface area contributed by atoms with Crippen LogP contribution in [0.15, 0.2) is 41.3 Å². The maximum absolute atomic E-state index is 12.1. The van der Waals surface area contributed by atoms with E-state index in [4.69, 9.17) is 0 Å². The van der Waals surface area contributed by atoms with Crippen LogP contribution in [0.1, 0.15) is 29.5 Å². The molecule has 3 aromatic rings. The number of aryl methyl sites for hydroxylation is 3. The quantitative estimate of drug-likeness (QED) is 0.445. The van der Waals surface area contributed by atoms with Crippen LogP contribution in [-0.4, -0.2) is 16.6 Å². The van der Waals surface area contributed by atoms with Crippen molar-refractivity contribution in [2.75, 3.05) is 11.1 Å². The van der Waals surface area contributed by atoms with Gasteiger partial charge in [0.2, 0.25) is 5.91 Å². The van der Waals surface area contributed by atoms with Crippen LogP contribution in [0.4, 0.5) is 5.13 Å². The zero-order chi connectivity index (χ0) is 17.8. The van der Waals surface area contributed by atoms with E-state index >= 15 is 0 Å². The molecule has 0 fully saturated rings. The van der Waals surface area contributed by atoms with E-state index in [1.807, 2.05) is 0 Å². The topological polar surface area (TPSA) is 42.0 Å². The number of thioether (sulfide) groups is 1. The Bertz CT molecular complexity index is 885. The highest BCUT2D eigenvalue weighted by Gasteiger charge is 2.10. The molecule has 2 aromatic carbocycles. The summed E-state index contributed by atoms with van der Waals surface area (Å²) in [5.41, 5.74) is 4.63. The molecular weight excluding hydrogens is 348 g/mol. The number of anilines is 1. The first kappa shape index (κ1) is 18.0. The molecule has 0 saturated heterocycles. The number of aromatic nitrogens is 1. The predicted molar refractivity (Wildman–Crippen MR) is 109 cm³/mol. The van der Waals surface area contributed by atoms with Gasteiger partial charge >= 0.3 is 0 Å². The Hall–Kier alpha value is -1.85. The summed E-state index contributed by atoms with van der Waals surface area (Å²) in [5, 5.41) is 3.64. The molecule has 3 rings (SSSR count). The van der Waals surface area contributed by atoms with Crippen LogP contribution in [-0.2, 0) is 4.79 Å². The van der Waals surface area contributed by atoms with Crippen molar-refractivity contribution in [2.45, 2.75) is 38.5 Å². The molecule has 1 amide bonds. The molecule has 25 heavy (non-hydrogen) atoms. The lowest BCUT2D eigenvalue weighted by atomic mass is 10.1. The van der Waals surface area contributed by atoms with Crippen molar-refractivity contribution in [1.82, 2.24) is 4.98 Å². The lowest BCUT2D eigenvalue weighted by Crippen LogP contribution is -2.11. The van der Waals surface area contributed by atoms with Crippen molar-refractivity contribution in [3.63, 3.8) is 0 Å². The van der Waals surface area contributed by atoms with E-state index in [0.717, 1.165) is 28.0 Å².